The molecule has 1 aliphatic heterocycles. The number of nitrogens with one attached hydrogen (secondary N) is 3. The Kier molecular flexibility index (Phi) is 8.15. The monoisotopic (exact) mass is 552 g/mol. The molecule has 2 aromatic rings. The van der Waals surface area contributed by atoms with Gasteiger partial charge in [-0.25, -0.2) is 9.37 Å². The Morgan fingerprint density at radius 1 is 1.22 bits per heavy atom. The van der Waals surface area contributed by atoms with Crippen molar-refractivity contribution in [3.05, 3.63) is 85.9 Å². The van der Waals surface area contributed by atoms with Crippen LogP contribution >= 0.6 is 34.8 Å². The smallest absolute Gasteiger partial charge is 0.267 e. The summed E-state index contributed by atoms with van der Waals surface area (Å²) in [4.78, 5) is 30.1. The first kappa shape index (κ1) is 26.0. The number of hydrogen-bond acceptors (Lipinski definition) is 6. The van der Waals surface area contributed by atoms with Crippen LogP contribution in [-0.4, -0.2) is 43.3 Å². The van der Waals surface area contributed by atoms with Crippen LogP contribution in [0.5, 0.6) is 5.88 Å². The van der Waals surface area contributed by atoms with Gasteiger partial charge in [0.15, 0.2) is 6.17 Å². The van der Waals surface area contributed by atoms with E-state index in [4.69, 9.17) is 44.3 Å². The van der Waals surface area contributed by atoms with Crippen LogP contribution in [0.25, 0.3) is 5.70 Å². The molecule has 1 aliphatic carbocycles. The lowest BCUT2D eigenvalue weighted by atomic mass is 9.97. The van der Waals surface area contributed by atoms with Crippen LogP contribution in [0, 0.1) is 5.82 Å². The number of carbonyl (C=O) groups excluding carboxylic acids is 2. The van der Waals surface area contributed by atoms with Gasteiger partial charge in [-0.05, 0) is 30.7 Å². The van der Waals surface area contributed by atoms with Gasteiger partial charge in [-0.1, -0.05) is 47.0 Å². The lowest BCUT2D eigenvalue weighted by Gasteiger charge is -2.22. The first-order valence-electron chi connectivity index (χ1n) is 10.7. The fourth-order valence-electron chi connectivity index (χ4n) is 3.66. The van der Waals surface area contributed by atoms with Gasteiger partial charge in [-0.3, -0.25) is 9.59 Å². The zero-order valence-electron chi connectivity index (χ0n) is 18.8. The van der Waals surface area contributed by atoms with Crippen molar-refractivity contribution >= 4 is 52.3 Å². The molecule has 0 saturated heterocycles. The van der Waals surface area contributed by atoms with Gasteiger partial charge < -0.3 is 25.4 Å². The molecular formula is C24H20Cl3FN4O4. The minimum atomic E-state index is -1.29. The van der Waals surface area contributed by atoms with Crippen LogP contribution in [0.1, 0.15) is 22.3 Å². The first-order chi connectivity index (χ1) is 17.3. The number of fused-ring (bicyclic) bond motifs is 1. The van der Waals surface area contributed by atoms with Gasteiger partial charge in [0.25, 0.3) is 11.8 Å². The molecule has 0 unspecified atom stereocenters. The lowest BCUT2D eigenvalue weighted by Crippen LogP contribution is -2.53. The standard InChI is InChI=1S/C24H20Cl3FN4O4/c1-35-6-7-36-24-15(10-13(28)11-29-24)22(33)32-21-23(34)30-18-5-3-2-4-14(18)20(31-21)19-16(26)8-12(25)9-17(19)27/h2-3,5,8-11,21,31H,4,6-7H2,1H3,(H,30,34)(H,32,33)/t21-/m0/s1. The zero-order chi connectivity index (χ0) is 25.8. The minimum absolute atomic E-state index is 0.0859. The number of rotatable bonds is 7. The molecule has 8 nitrogen and oxygen atoms in total. The molecular weight excluding hydrogens is 534 g/mol. The van der Waals surface area contributed by atoms with E-state index >= 15 is 0 Å². The number of methoxy groups -OCH3 is 1. The van der Waals surface area contributed by atoms with Crippen molar-refractivity contribution in [2.24, 2.45) is 0 Å². The van der Waals surface area contributed by atoms with Crippen LogP contribution in [0.3, 0.4) is 0 Å². The third kappa shape index (κ3) is 5.65. The average Bonchev–Trinajstić information content (AvgIpc) is 2.96. The Labute approximate surface area is 221 Å². The molecule has 12 heteroatoms. The topological polar surface area (TPSA) is 102 Å². The summed E-state index contributed by atoms with van der Waals surface area (Å²) >= 11 is 19.1. The Hall–Kier alpha value is -3.11. The highest BCUT2D eigenvalue weighted by Gasteiger charge is 2.32. The van der Waals surface area contributed by atoms with Crippen molar-refractivity contribution in [1.29, 1.82) is 0 Å². The fraction of sp³-hybridized carbons (Fsp3) is 0.208. The Bertz CT molecular complexity index is 1290. The average molecular weight is 554 g/mol. The SMILES string of the molecule is COCCOc1ncc(F)cc1C(=O)N[C@@H]1NC(c2c(Cl)cc(Cl)cc2Cl)=C2CC=CC=C2NC1=O. The minimum Gasteiger partial charge on any atom is -0.475 e. The maximum absolute atomic E-state index is 13.9. The molecule has 188 valence electrons. The van der Waals surface area contributed by atoms with Crippen LogP contribution in [-0.2, 0) is 9.53 Å². The summed E-state index contributed by atoms with van der Waals surface area (Å²) in [6.07, 6.45) is 5.50. The zero-order valence-corrected chi connectivity index (χ0v) is 21.1. The number of nitrogens with zero attached hydrogens (tertiary/aromatic N) is 1. The second-order valence-electron chi connectivity index (χ2n) is 7.70. The number of halogens is 4. The second-order valence-corrected chi connectivity index (χ2v) is 8.95. The highest BCUT2D eigenvalue weighted by Crippen LogP contribution is 2.38. The summed E-state index contributed by atoms with van der Waals surface area (Å²) in [6.45, 7) is 0.317. The highest BCUT2D eigenvalue weighted by molar-refractivity contribution is 6.40. The predicted molar refractivity (Wildman–Crippen MR) is 134 cm³/mol. The molecule has 1 aromatic carbocycles. The van der Waals surface area contributed by atoms with Gasteiger partial charge in [-0.15, -0.1) is 0 Å². The number of hydrogen-bond donors (Lipinski definition) is 3. The highest BCUT2D eigenvalue weighted by atomic mass is 35.5. The van der Waals surface area contributed by atoms with Crippen molar-refractivity contribution in [3.8, 4) is 5.88 Å². The fourth-order valence-corrected chi connectivity index (χ4v) is 4.66. The number of allylic oxidation sites excluding steroid dienone is 4. The number of carbonyl (C=O) groups is 2. The van der Waals surface area contributed by atoms with E-state index in [9.17, 15) is 14.0 Å². The molecule has 0 spiro atoms. The van der Waals surface area contributed by atoms with Gasteiger partial charge in [-0.2, -0.15) is 0 Å². The molecule has 36 heavy (non-hydrogen) atoms. The number of aromatic nitrogens is 1. The Morgan fingerprint density at radius 3 is 2.69 bits per heavy atom. The van der Waals surface area contributed by atoms with Crippen molar-refractivity contribution in [2.45, 2.75) is 12.6 Å². The number of benzene rings is 1. The molecule has 0 saturated carbocycles. The van der Waals surface area contributed by atoms with Crippen LogP contribution < -0.4 is 20.7 Å². The van der Waals surface area contributed by atoms with E-state index in [0.717, 1.165) is 12.3 Å². The molecule has 3 N–H and O–H groups in total. The van der Waals surface area contributed by atoms with Crippen molar-refractivity contribution < 1.29 is 23.5 Å². The van der Waals surface area contributed by atoms with Crippen LogP contribution in [0.15, 0.2) is 53.9 Å². The first-order valence-corrected chi connectivity index (χ1v) is 11.8. The normalized spacial score (nSPS) is 17.0. The lowest BCUT2D eigenvalue weighted by molar-refractivity contribution is -0.122. The van der Waals surface area contributed by atoms with Gasteiger partial charge in [0.1, 0.15) is 18.0 Å². The number of ether oxygens (including phenoxy) is 2. The van der Waals surface area contributed by atoms with Gasteiger partial charge in [0.05, 0.1) is 28.5 Å². The molecule has 4 rings (SSSR count). The van der Waals surface area contributed by atoms with E-state index < -0.39 is 23.8 Å². The van der Waals surface area contributed by atoms with Gasteiger partial charge in [0, 0.05) is 29.0 Å². The third-order valence-corrected chi connectivity index (χ3v) is 6.09. The van der Waals surface area contributed by atoms with Gasteiger partial charge in [0.2, 0.25) is 5.88 Å². The Morgan fingerprint density at radius 2 is 1.97 bits per heavy atom. The van der Waals surface area contributed by atoms with E-state index in [1.807, 2.05) is 6.08 Å². The summed E-state index contributed by atoms with van der Waals surface area (Å²) in [6, 6.07) is 4.02. The summed E-state index contributed by atoms with van der Waals surface area (Å²) in [5, 5.41) is 9.24. The van der Waals surface area contributed by atoms with Crippen LogP contribution in [0.4, 0.5) is 4.39 Å². The summed E-state index contributed by atoms with van der Waals surface area (Å²) in [5.41, 5.74) is 1.85. The second kappa shape index (κ2) is 11.3. The van der Waals surface area contributed by atoms with E-state index in [0.29, 0.717) is 34.0 Å². The molecule has 0 radical (unpaired) electrons. The summed E-state index contributed by atoms with van der Waals surface area (Å²) < 4.78 is 24.3. The summed E-state index contributed by atoms with van der Waals surface area (Å²) in [7, 11) is 1.49. The molecule has 0 fully saturated rings. The van der Waals surface area contributed by atoms with Crippen LogP contribution in [0.2, 0.25) is 15.1 Å². The maximum atomic E-state index is 13.9. The molecule has 2 heterocycles. The summed E-state index contributed by atoms with van der Waals surface area (Å²) in [5.74, 6) is -2.22. The van der Waals surface area contributed by atoms with E-state index in [2.05, 4.69) is 20.9 Å². The molecule has 0 bridgehead atoms. The predicted octanol–water partition coefficient (Wildman–Crippen LogP) is 4.24. The van der Waals surface area contributed by atoms with Gasteiger partial charge >= 0.3 is 0 Å². The van der Waals surface area contributed by atoms with Crippen molar-refractivity contribution in [2.75, 3.05) is 20.3 Å². The molecule has 1 aromatic heterocycles. The Balaban J connectivity index is 1.69. The number of pyridine rings is 1. The van der Waals surface area contributed by atoms with Crippen molar-refractivity contribution in [1.82, 2.24) is 20.9 Å². The van der Waals surface area contributed by atoms with E-state index in [-0.39, 0.29) is 34.7 Å². The van der Waals surface area contributed by atoms with E-state index in [1.165, 1.54) is 19.2 Å². The quantitative estimate of drug-likeness (QED) is 0.444. The van der Waals surface area contributed by atoms with E-state index in [1.54, 1.807) is 12.2 Å². The maximum Gasteiger partial charge on any atom is 0.267 e. The molecule has 1 atom stereocenters. The molecule has 2 amide bonds. The third-order valence-electron chi connectivity index (χ3n) is 5.28. The van der Waals surface area contributed by atoms with Crippen molar-refractivity contribution in [3.63, 3.8) is 0 Å². The number of amides is 2. The molecule has 2 aliphatic rings. The largest absolute Gasteiger partial charge is 0.475 e.